The van der Waals surface area contributed by atoms with E-state index in [0.717, 1.165) is 30.8 Å². The summed E-state index contributed by atoms with van der Waals surface area (Å²) in [6, 6.07) is 9.11. The molecule has 2 aliphatic heterocycles. The van der Waals surface area contributed by atoms with E-state index in [4.69, 9.17) is 4.52 Å². The number of nitrogens with one attached hydrogen (secondary N) is 1. The van der Waals surface area contributed by atoms with Crippen molar-refractivity contribution in [1.29, 1.82) is 0 Å². The summed E-state index contributed by atoms with van der Waals surface area (Å²) in [6.07, 6.45) is 6.08. The molecule has 0 aliphatic carbocycles. The Labute approximate surface area is 143 Å². The van der Waals surface area contributed by atoms with Gasteiger partial charge in [0.1, 0.15) is 0 Å². The van der Waals surface area contributed by atoms with Gasteiger partial charge in [0.25, 0.3) is 0 Å². The maximum absolute atomic E-state index is 5.55. The first-order chi connectivity index (χ1) is 11.8. The number of piperidine rings is 2. The second-order valence-corrected chi connectivity index (χ2v) is 7.13. The van der Waals surface area contributed by atoms with Crippen molar-refractivity contribution in [2.24, 2.45) is 0 Å². The first-order valence-electron chi connectivity index (χ1n) is 9.22. The van der Waals surface area contributed by atoms with Crippen LogP contribution < -0.4 is 10.2 Å². The van der Waals surface area contributed by atoms with E-state index >= 15 is 0 Å². The highest BCUT2D eigenvalue weighted by Gasteiger charge is 2.25. The third-order valence-corrected chi connectivity index (χ3v) is 5.26. The van der Waals surface area contributed by atoms with Crippen molar-refractivity contribution in [2.45, 2.75) is 51.0 Å². The molecular formula is C19H26N4O. The van der Waals surface area contributed by atoms with Crippen LogP contribution in [0.2, 0.25) is 0 Å². The summed E-state index contributed by atoms with van der Waals surface area (Å²) >= 11 is 0. The lowest BCUT2D eigenvalue weighted by molar-refractivity contribution is 0.295. The van der Waals surface area contributed by atoms with Gasteiger partial charge >= 0.3 is 0 Å². The van der Waals surface area contributed by atoms with Crippen molar-refractivity contribution in [2.75, 3.05) is 24.5 Å². The standard InChI is InChI=1S/C19H26N4O/c1-14-13-16(9-10-20-14)19-21-18(22-24-19)15-5-7-17(8-6-15)23-11-3-2-4-12-23/h5-8,14,16,20H,2-4,9-13H2,1H3/t14-,16-/m0/s1. The van der Waals surface area contributed by atoms with Crippen LogP contribution in [0.5, 0.6) is 0 Å². The van der Waals surface area contributed by atoms with E-state index in [1.54, 1.807) is 0 Å². The summed E-state index contributed by atoms with van der Waals surface area (Å²) in [5.41, 5.74) is 2.34. The summed E-state index contributed by atoms with van der Waals surface area (Å²) in [7, 11) is 0. The average molecular weight is 326 g/mol. The van der Waals surface area contributed by atoms with Crippen molar-refractivity contribution in [1.82, 2.24) is 15.5 Å². The van der Waals surface area contributed by atoms with Gasteiger partial charge in [-0.25, -0.2) is 0 Å². The average Bonchev–Trinajstić information content (AvgIpc) is 3.13. The number of rotatable bonds is 3. The van der Waals surface area contributed by atoms with Crippen LogP contribution >= 0.6 is 0 Å². The zero-order chi connectivity index (χ0) is 16.4. The van der Waals surface area contributed by atoms with Gasteiger partial charge in [0.2, 0.25) is 11.7 Å². The molecule has 128 valence electrons. The number of nitrogens with zero attached hydrogens (tertiary/aromatic N) is 3. The molecule has 3 heterocycles. The van der Waals surface area contributed by atoms with E-state index in [1.807, 2.05) is 0 Å². The minimum atomic E-state index is 0.384. The largest absolute Gasteiger partial charge is 0.372 e. The zero-order valence-corrected chi connectivity index (χ0v) is 14.4. The quantitative estimate of drug-likeness (QED) is 0.934. The Hall–Kier alpha value is -1.88. The number of anilines is 1. The smallest absolute Gasteiger partial charge is 0.230 e. The lowest BCUT2D eigenvalue weighted by Crippen LogP contribution is -2.34. The topological polar surface area (TPSA) is 54.2 Å². The predicted molar refractivity (Wildman–Crippen MR) is 95.2 cm³/mol. The molecule has 0 bridgehead atoms. The zero-order valence-electron chi connectivity index (χ0n) is 14.4. The van der Waals surface area contributed by atoms with Crippen LogP contribution in [0, 0.1) is 0 Å². The minimum Gasteiger partial charge on any atom is -0.372 e. The molecule has 2 saturated heterocycles. The number of benzene rings is 1. The Morgan fingerprint density at radius 2 is 1.92 bits per heavy atom. The molecule has 2 atom stereocenters. The SMILES string of the molecule is C[C@H]1C[C@@H](c2nc(-c3ccc(N4CCCCC4)cc3)no2)CCN1. The van der Waals surface area contributed by atoms with Gasteiger partial charge in [-0.05, 0) is 69.8 Å². The predicted octanol–water partition coefficient (Wildman–Crippen LogP) is 3.58. The van der Waals surface area contributed by atoms with Gasteiger partial charge in [0, 0.05) is 36.3 Å². The molecule has 5 heteroatoms. The number of aromatic nitrogens is 2. The normalized spacial score (nSPS) is 25.0. The van der Waals surface area contributed by atoms with Gasteiger partial charge in [0.05, 0.1) is 0 Å². The van der Waals surface area contributed by atoms with Gasteiger partial charge in [-0.2, -0.15) is 4.98 Å². The fourth-order valence-electron chi connectivity index (χ4n) is 3.85. The van der Waals surface area contributed by atoms with Crippen LogP contribution in [0.15, 0.2) is 28.8 Å². The number of hydrogen-bond acceptors (Lipinski definition) is 5. The maximum Gasteiger partial charge on any atom is 0.230 e. The Morgan fingerprint density at radius 3 is 2.67 bits per heavy atom. The Balaban J connectivity index is 1.47. The van der Waals surface area contributed by atoms with Crippen molar-refractivity contribution in [3.8, 4) is 11.4 Å². The highest BCUT2D eigenvalue weighted by atomic mass is 16.5. The van der Waals surface area contributed by atoms with Crippen LogP contribution in [0.25, 0.3) is 11.4 Å². The van der Waals surface area contributed by atoms with Crippen molar-refractivity contribution >= 4 is 5.69 Å². The monoisotopic (exact) mass is 326 g/mol. The second-order valence-electron chi connectivity index (χ2n) is 7.13. The van der Waals surface area contributed by atoms with Crippen molar-refractivity contribution < 1.29 is 4.52 Å². The van der Waals surface area contributed by atoms with E-state index < -0.39 is 0 Å². The highest BCUT2D eigenvalue weighted by molar-refractivity contribution is 5.60. The third kappa shape index (κ3) is 3.31. The van der Waals surface area contributed by atoms with Gasteiger partial charge in [-0.15, -0.1) is 0 Å². The van der Waals surface area contributed by atoms with E-state index in [2.05, 4.69) is 51.5 Å². The highest BCUT2D eigenvalue weighted by Crippen LogP contribution is 2.29. The van der Waals surface area contributed by atoms with Crippen LogP contribution in [-0.2, 0) is 0 Å². The summed E-state index contributed by atoms with van der Waals surface area (Å²) in [6.45, 7) is 5.57. The molecule has 0 radical (unpaired) electrons. The maximum atomic E-state index is 5.55. The van der Waals surface area contributed by atoms with Crippen LogP contribution in [-0.4, -0.2) is 35.8 Å². The third-order valence-electron chi connectivity index (χ3n) is 5.26. The van der Waals surface area contributed by atoms with Crippen molar-refractivity contribution in [3.05, 3.63) is 30.2 Å². The first kappa shape index (κ1) is 15.6. The van der Waals surface area contributed by atoms with Crippen molar-refractivity contribution in [3.63, 3.8) is 0 Å². The van der Waals surface area contributed by atoms with Crippen LogP contribution in [0.4, 0.5) is 5.69 Å². The van der Waals surface area contributed by atoms with Gasteiger partial charge in [0.15, 0.2) is 0 Å². The molecular weight excluding hydrogens is 300 g/mol. The van der Waals surface area contributed by atoms with Crippen LogP contribution in [0.3, 0.4) is 0 Å². The Kier molecular flexibility index (Phi) is 4.52. The molecule has 0 saturated carbocycles. The lowest BCUT2D eigenvalue weighted by atomic mass is 9.93. The summed E-state index contributed by atoms with van der Waals surface area (Å²) in [5, 5.41) is 7.67. The van der Waals surface area contributed by atoms with Gasteiger partial charge < -0.3 is 14.7 Å². The molecule has 2 fully saturated rings. The van der Waals surface area contributed by atoms with E-state index in [-0.39, 0.29) is 0 Å². The fraction of sp³-hybridized carbons (Fsp3) is 0.579. The molecule has 0 amide bonds. The number of hydrogen-bond donors (Lipinski definition) is 1. The second kappa shape index (κ2) is 6.93. The molecule has 24 heavy (non-hydrogen) atoms. The van der Waals surface area contributed by atoms with Crippen LogP contribution in [0.1, 0.15) is 50.8 Å². The molecule has 4 rings (SSSR count). The molecule has 5 nitrogen and oxygen atoms in total. The van der Waals surface area contributed by atoms with E-state index in [0.29, 0.717) is 17.8 Å². The lowest BCUT2D eigenvalue weighted by Gasteiger charge is -2.28. The van der Waals surface area contributed by atoms with Gasteiger partial charge in [-0.3, -0.25) is 0 Å². The summed E-state index contributed by atoms with van der Waals surface area (Å²) in [5.74, 6) is 1.88. The fourth-order valence-corrected chi connectivity index (χ4v) is 3.85. The van der Waals surface area contributed by atoms with E-state index in [9.17, 15) is 0 Å². The molecule has 0 spiro atoms. The molecule has 1 aromatic heterocycles. The Bertz CT molecular complexity index is 660. The molecule has 2 aromatic rings. The molecule has 1 N–H and O–H groups in total. The van der Waals surface area contributed by atoms with E-state index in [1.165, 1.54) is 38.0 Å². The summed E-state index contributed by atoms with van der Waals surface area (Å²) < 4.78 is 5.55. The molecule has 0 unspecified atom stereocenters. The molecule has 2 aliphatic rings. The van der Waals surface area contributed by atoms with Gasteiger partial charge in [-0.1, -0.05) is 5.16 Å². The first-order valence-corrected chi connectivity index (χ1v) is 9.22. The Morgan fingerprint density at radius 1 is 1.12 bits per heavy atom. The minimum absolute atomic E-state index is 0.384. The molecule has 1 aromatic carbocycles. The summed E-state index contributed by atoms with van der Waals surface area (Å²) in [4.78, 5) is 7.13.